The van der Waals surface area contributed by atoms with Gasteiger partial charge in [0.2, 0.25) is 11.8 Å². The molecule has 2 saturated heterocycles. The molecule has 8 nitrogen and oxygen atoms in total. The predicted octanol–water partition coefficient (Wildman–Crippen LogP) is 4.00. The number of hydrogen-bond donors (Lipinski definition) is 1. The zero-order chi connectivity index (χ0) is 28.6. The normalized spacial score (nSPS) is 23.2. The third-order valence-corrected chi connectivity index (χ3v) is 8.58. The molecule has 0 radical (unpaired) electrons. The van der Waals surface area contributed by atoms with Crippen molar-refractivity contribution in [3.05, 3.63) is 95.6 Å². The molecular formula is C33H35N3O5. The molecule has 0 unspecified atom stereocenters. The number of anilines is 2. The van der Waals surface area contributed by atoms with E-state index in [1.54, 1.807) is 14.7 Å². The van der Waals surface area contributed by atoms with Gasteiger partial charge in [-0.25, -0.2) is 0 Å². The molecule has 3 aliphatic rings. The van der Waals surface area contributed by atoms with Gasteiger partial charge in [-0.3, -0.25) is 14.4 Å². The molecule has 3 amide bonds. The van der Waals surface area contributed by atoms with E-state index >= 15 is 0 Å². The zero-order valence-electron chi connectivity index (χ0n) is 23.2. The van der Waals surface area contributed by atoms with Crippen LogP contribution in [0.2, 0.25) is 0 Å². The maximum Gasteiger partial charge on any atom is 0.264 e. The fourth-order valence-electron chi connectivity index (χ4n) is 6.40. The summed E-state index contributed by atoms with van der Waals surface area (Å²) in [6.45, 7) is 3.55. The van der Waals surface area contributed by atoms with Crippen LogP contribution in [-0.4, -0.2) is 53.5 Å². The van der Waals surface area contributed by atoms with Crippen molar-refractivity contribution in [2.45, 2.75) is 51.0 Å². The van der Waals surface area contributed by atoms with Crippen LogP contribution in [0.25, 0.3) is 0 Å². The molecule has 41 heavy (non-hydrogen) atoms. The van der Waals surface area contributed by atoms with Gasteiger partial charge in [0.15, 0.2) is 5.60 Å². The molecule has 0 aromatic heterocycles. The summed E-state index contributed by atoms with van der Waals surface area (Å²) in [4.78, 5) is 45.2. The van der Waals surface area contributed by atoms with Crippen LogP contribution in [0.4, 0.5) is 11.4 Å². The van der Waals surface area contributed by atoms with Gasteiger partial charge in [0.25, 0.3) is 5.91 Å². The van der Waals surface area contributed by atoms with E-state index in [1.807, 2.05) is 85.8 Å². The number of aliphatic hydroxyl groups is 1. The van der Waals surface area contributed by atoms with Gasteiger partial charge in [-0.15, -0.1) is 0 Å². The lowest BCUT2D eigenvalue weighted by Gasteiger charge is -2.32. The fourth-order valence-corrected chi connectivity index (χ4v) is 6.40. The summed E-state index contributed by atoms with van der Waals surface area (Å²) < 4.78 is 6.69. The standard InChI is InChI=1S/C33H35N3O5/c1-23-18-27(20-31(39)34(16-17-37)21-24-8-4-2-5-9-24)41-33(23)28-19-26(35-15-14-30(35)38)12-13-29(28)36(32(33)40)22-25-10-6-3-7-11-25/h2-13,19,23,27,37H,14-18,20-22H2,1H3/t23-,27-,33+/m1/s1. The second-order valence-electron chi connectivity index (χ2n) is 11.2. The van der Waals surface area contributed by atoms with E-state index in [0.29, 0.717) is 32.5 Å². The summed E-state index contributed by atoms with van der Waals surface area (Å²) >= 11 is 0. The van der Waals surface area contributed by atoms with Gasteiger partial charge in [-0.1, -0.05) is 67.6 Å². The first kappa shape index (κ1) is 27.2. The lowest BCUT2D eigenvalue weighted by atomic mass is 9.82. The van der Waals surface area contributed by atoms with Crippen LogP contribution in [0.3, 0.4) is 0 Å². The number of amides is 3. The minimum absolute atomic E-state index is 0.0655. The van der Waals surface area contributed by atoms with Crippen LogP contribution in [0.5, 0.6) is 0 Å². The maximum atomic E-state index is 14.3. The lowest BCUT2D eigenvalue weighted by Crippen LogP contribution is -2.44. The van der Waals surface area contributed by atoms with Gasteiger partial charge in [-0.2, -0.15) is 0 Å². The maximum absolute atomic E-state index is 14.3. The van der Waals surface area contributed by atoms with Gasteiger partial charge >= 0.3 is 0 Å². The molecule has 3 aromatic rings. The number of fused-ring (bicyclic) bond motifs is 2. The molecule has 3 aliphatic heterocycles. The highest BCUT2D eigenvalue weighted by Crippen LogP contribution is 2.54. The zero-order valence-corrected chi connectivity index (χ0v) is 23.2. The van der Waals surface area contributed by atoms with Crippen LogP contribution in [0, 0.1) is 5.92 Å². The fraction of sp³-hybridized carbons (Fsp3) is 0.364. The first-order chi connectivity index (χ1) is 19.9. The van der Waals surface area contributed by atoms with Crippen LogP contribution in [-0.2, 0) is 37.8 Å². The van der Waals surface area contributed by atoms with Crippen molar-refractivity contribution in [2.24, 2.45) is 5.92 Å². The van der Waals surface area contributed by atoms with E-state index in [2.05, 4.69) is 0 Å². The Morgan fingerprint density at radius 2 is 1.73 bits per heavy atom. The van der Waals surface area contributed by atoms with Gasteiger partial charge in [-0.05, 0) is 35.7 Å². The molecule has 6 rings (SSSR count). The number of β-lactam (4-membered cyclic amide) rings is 1. The molecule has 0 bridgehead atoms. The van der Waals surface area contributed by atoms with E-state index in [0.717, 1.165) is 28.1 Å². The SMILES string of the molecule is C[C@@H]1C[C@H](CC(=O)N(CCO)Cc2ccccc2)O[C@@]12C(=O)N(Cc1ccccc1)c1ccc(N3CCC3=O)cc12. The summed E-state index contributed by atoms with van der Waals surface area (Å²) in [5, 5.41) is 9.64. The minimum atomic E-state index is -1.24. The number of rotatable bonds is 9. The number of hydrogen-bond acceptors (Lipinski definition) is 5. The average molecular weight is 554 g/mol. The Morgan fingerprint density at radius 3 is 2.37 bits per heavy atom. The number of nitrogens with zero attached hydrogens (tertiary/aromatic N) is 3. The van der Waals surface area contributed by atoms with Gasteiger partial charge in [0.1, 0.15) is 0 Å². The molecule has 0 aliphatic carbocycles. The molecule has 3 heterocycles. The molecular weight excluding hydrogens is 518 g/mol. The summed E-state index contributed by atoms with van der Waals surface area (Å²) in [6.07, 6.45) is 0.717. The second kappa shape index (κ2) is 11.1. The average Bonchev–Trinajstić information content (AvgIpc) is 3.42. The quantitative estimate of drug-likeness (QED) is 0.405. The highest BCUT2D eigenvalue weighted by molar-refractivity contribution is 6.08. The summed E-state index contributed by atoms with van der Waals surface area (Å²) in [6, 6.07) is 25.3. The van der Waals surface area contributed by atoms with E-state index < -0.39 is 11.7 Å². The predicted molar refractivity (Wildman–Crippen MR) is 155 cm³/mol. The first-order valence-corrected chi connectivity index (χ1v) is 14.3. The Bertz CT molecular complexity index is 1450. The number of carbonyl (C=O) groups is 3. The van der Waals surface area contributed by atoms with E-state index in [1.165, 1.54) is 0 Å². The van der Waals surface area contributed by atoms with Crippen LogP contribution in [0.1, 0.15) is 42.9 Å². The monoisotopic (exact) mass is 553 g/mol. The van der Waals surface area contributed by atoms with Crippen molar-refractivity contribution in [2.75, 3.05) is 29.5 Å². The second-order valence-corrected chi connectivity index (χ2v) is 11.2. The summed E-state index contributed by atoms with van der Waals surface area (Å²) in [5.74, 6) is -0.378. The third kappa shape index (κ3) is 4.91. The number of ether oxygens (including phenoxy) is 1. The van der Waals surface area contributed by atoms with Crippen molar-refractivity contribution in [1.82, 2.24) is 4.90 Å². The molecule has 1 N–H and O–H groups in total. The highest BCUT2D eigenvalue weighted by Gasteiger charge is 2.60. The molecule has 2 fully saturated rings. The number of benzene rings is 3. The molecule has 212 valence electrons. The van der Waals surface area contributed by atoms with E-state index in [9.17, 15) is 19.5 Å². The molecule has 3 aromatic carbocycles. The van der Waals surface area contributed by atoms with E-state index in [4.69, 9.17) is 4.74 Å². The van der Waals surface area contributed by atoms with Gasteiger partial charge < -0.3 is 24.5 Å². The van der Waals surface area contributed by atoms with Crippen LogP contribution < -0.4 is 9.80 Å². The van der Waals surface area contributed by atoms with Gasteiger partial charge in [0.05, 0.1) is 31.4 Å². The van der Waals surface area contributed by atoms with Crippen LogP contribution >= 0.6 is 0 Å². The number of carbonyl (C=O) groups excluding carboxylic acids is 3. The topological polar surface area (TPSA) is 90.4 Å². The van der Waals surface area contributed by atoms with E-state index in [-0.39, 0.29) is 43.2 Å². The summed E-state index contributed by atoms with van der Waals surface area (Å²) in [7, 11) is 0. The van der Waals surface area contributed by atoms with Gasteiger partial charge in [0, 0.05) is 43.2 Å². The van der Waals surface area contributed by atoms with Crippen molar-refractivity contribution in [1.29, 1.82) is 0 Å². The Morgan fingerprint density at radius 1 is 1.02 bits per heavy atom. The largest absolute Gasteiger partial charge is 0.395 e. The van der Waals surface area contributed by atoms with Crippen molar-refractivity contribution in [3.8, 4) is 0 Å². The minimum Gasteiger partial charge on any atom is -0.395 e. The molecule has 1 spiro atoms. The van der Waals surface area contributed by atoms with Crippen LogP contribution in [0.15, 0.2) is 78.9 Å². The highest BCUT2D eigenvalue weighted by atomic mass is 16.5. The number of aliphatic hydroxyl groups excluding tert-OH is 1. The Kier molecular flexibility index (Phi) is 7.36. The molecule has 3 atom stereocenters. The molecule has 0 saturated carbocycles. The smallest absolute Gasteiger partial charge is 0.264 e. The Balaban J connectivity index is 1.29. The lowest BCUT2D eigenvalue weighted by molar-refractivity contribution is -0.150. The molecule has 8 heteroatoms. The van der Waals surface area contributed by atoms with Crippen molar-refractivity contribution < 1.29 is 24.2 Å². The summed E-state index contributed by atoms with van der Waals surface area (Å²) in [5.41, 5.74) is 3.05. The Labute approximate surface area is 240 Å². The third-order valence-electron chi connectivity index (χ3n) is 8.58. The van der Waals surface area contributed by atoms with Crippen molar-refractivity contribution in [3.63, 3.8) is 0 Å². The van der Waals surface area contributed by atoms with Crippen molar-refractivity contribution >= 4 is 29.1 Å². The Hall–Kier alpha value is -4.01. The first-order valence-electron chi connectivity index (χ1n) is 14.3.